The third-order valence-electron chi connectivity index (χ3n) is 5.50. The largest absolute Gasteiger partial charge is 0.394 e. The summed E-state index contributed by atoms with van der Waals surface area (Å²) in [5.74, 6) is 0.704. The van der Waals surface area contributed by atoms with E-state index in [4.69, 9.17) is 21.3 Å². The molecule has 0 radical (unpaired) electrons. The molecule has 0 amide bonds. The highest BCUT2D eigenvalue weighted by molar-refractivity contribution is 6.33. The summed E-state index contributed by atoms with van der Waals surface area (Å²) in [4.78, 5) is 7.02. The van der Waals surface area contributed by atoms with Crippen LogP contribution in [0.25, 0.3) is 28.1 Å². The van der Waals surface area contributed by atoms with E-state index in [9.17, 15) is 5.11 Å². The molecular weight excluding hydrogens is 402 g/mol. The quantitative estimate of drug-likeness (QED) is 0.543. The normalized spacial score (nSPS) is 17.8. The van der Waals surface area contributed by atoms with Gasteiger partial charge in [-0.3, -0.25) is 9.30 Å². The second-order valence-corrected chi connectivity index (χ2v) is 8.00. The van der Waals surface area contributed by atoms with E-state index in [2.05, 4.69) is 27.2 Å². The molecule has 1 aliphatic heterocycles. The van der Waals surface area contributed by atoms with Crippen LogP contribution in [0.3, 0.4) is 0 Å². The molecule has 5 rings (SSSR count). The zero-order valence-corrected chi connectivity index (χ0v) is 17.4. The monoisotopic (exact) mass is 423 g/mol. The Hall–Kier alpha value is -2.58. The third-order valence-corrected chi connectivity index (χ3v) is 5.83. The average molecular weight is 424 g/mol. The Bertz CT molecular complexity index is 1230. The van der Waals surface area contributed by atoms with Crippen molar-refractivity contribution in [2.45, 2.75) is 19.6 Å². The van der Waals surface area contributed by atoms with Gasteiger partial charge in [0.1, 0.15) is 0 Å². The van der Waals surface area contributed by atoms with Crippen molar-refractivity contribution >= 4 is 28.3 Å². The smallest absolute Gasteiger partial charge is 0.183 e. The third kappa shape index (κ3) is 3.44. The number of aliphatic hydroxyl groups excluding tert-OH is 1. The van der Waals surface area contributed by atoms with E-state index in [-0.39, 0.29) is 12.7 Å². The van der Waals surface area contributed by atoms with E-state index in [1.54, 1.807) is 0 Å². The lowest BCUT2D eigenvalue weighted by molar-refractivity contribution is -0.0550. The lowest BCUT2D eigenvalue weighted by Gasteiger charge is -2.32. The topological polar surface area (TPSA) is 75.8 Å². The Kier molecular flexibility index (Phi) is 5.12. The number of halogens is 1. The number of aryl methyl sites for hydroxylation is 1. The van der Waals surface area contributed by atoms with Gasteiger partial charge in [-0.15, -0.1) is 10.2 Å². The zero-order chi connectivity index (χ0) is 20.7. The van der Waals surface area contributed by atoms with Crippen molar-refractivity contribution in [1.29, 1.82) is 0 Å². The van der Waals surface area contributed by atoms with Crippen LogP contribution in [0.2, 0.25) is 5.02 Å². The minimum atomic E-state index is -0.125. The summed E-state index contributed by atoms with van der Waals surface area (Å²) in [5, 5.41) is 18.9. The lowest BCUT2D eigenvalue weighted by Crippen LogP contribution is -2.43. The fraction of sp³-hybridized carbons (Fsp3) is 0.318. The van der Waals surface area contributed by atoms with E-state index in [0.29, 0.717) is 24.0 Å². The Balaban J connectivity index is 1.62. The number of aliphatic hydroxyl groups is 1. The van der Waals surface area contributed by atoms with Crippen molar-refractivity contribution in [2.24, 2.45) is 0 Å². The summed E-state index contributed by atoms with van der Waals surface area (Å²) in [6.45, 7) is 4.94. The number of fused-ring (bicyclic) bond motifs is 3. The molecule has 7 nitrogen and oxygen atoms in total. The van der Waals surface area contributed by atoms with Gasteiger partial charge in [-0.05, 0) is 36.8 Å². The van der Waals surface area contributed by atoms with Crippen LogP contribution in [0.4, 0.5) is 0 Å². The second-order valence-electron chi connectivity index (χ2n) is 7.59. The first-order chi connectivity index (χ1) is 14.6. The lowest BCUT2D eigenvalue weighted by atomic mass is 10.1. The number of benzene rings is 2. The number of nitrogens with zero attached hydrogens (tertiary/aromatic N) is 5. The molecule has 3 heterocycles. The summed E-state index contributed by atoms with van der Waals surface area (Å²) in [7, 11) is 0. The van der Waals surface area contributed by atoms with Crippen molar-refractivity contribution in [3.8, 4) is 11.4 Å². The molecule has 154 valence electrons. The van der Waals surface area contributed by atoms with Gasteiger partial charge in [-0.25, -0.2) is 4.98 Å². The standard InChI is InChI=1S/C22H22ClN5O2/c1-14-21-25-26-22(17-4-2-3-5-18(17)23)28(21)20-10-15(6-7-19(20)24-14)11-27-8-9-30-16(12-27)13-29/h2-7,10,16,29H,8-9,11-13H2,1H3. The molecule has 1 unspecified atom stereocenters. The summed E-state index contributed by atoms with van der Waals surface area (Å²) in [6, 6.07) is 13.9. The van der Waals surface area contributed by atoms with Crippen molar-refractivity contribution in [2.75, 3.05) is 26.3 Å². The molecule has 1 atom stereocenters. The summed E-state index contributed by atoms with van der Waals surface area (Å²) >= 11 is 6.46. The number of rotatable bonds is 4. The van der Waals surface area contributed by atoms with Crippen molar-refractivity contribution in [1.82, 2.24) is 24.5 Å². The van der Waals surface area contributed by atoms with Gasteiger partial charge in [-0.1, -0.05) is 29.8 Å². The summed E-state index contributed by atoms with van der Waals surface area (Å²) in [5.41, 5.74) is 5.36. The molecule has 2 aromatic carbocycles. The molecule has 1 fully saturated rings. The first kappa shape index (κ1) is 19.4. The Labute approximate surface area is 178 Å². The highest BCUT2D eigenvalue weighted by atomic mass is 35.5. The minimum Gasteiger partial charge on any atom is -0.394 e. The molecule has 1 aliphatic rings. The van der Waals surface area contributed by atoms with Crippen LogP contribution in [0.5, 0.6) is 0 Å². The van der Waals surface area contributed by atoms with Crippen LogP contribution in [-0.2, 0) is 11.3 Å². The molecular formula is C22H22ClN5O2. The van der Waals surface area contributed by atoms with Gasteiger partial charge in [0.25, 0.3) is 0 Å². The molecule has 0 saturated carbocycles. The van der Waals surface area contributed by atoms with E-state index in [0.717, 1.165) is 46.6 Å². The predicted molar refractivity (Wildman–Crippen MR) is 116 cm³/mol. The molecule has 0 bridgehead atoms. The fourth-order valence-electron chi connectivity index (χ4n) is 4.03. The van der Waals surface area contributed by atoms with E-state index in [1.807, 2.05) is 41.7 Å². The fourth-order valence-corrected chi connectivity index (χ4v) is 4.25. The van der Waals surface area contributed by atoms with Gasteiger partial charge in [0, 0.05) is 25.2 Å². The SMILES string of the molecule is Cc1nc2ccc(CN3CCOC(CO)C3)cc2n2c(-c3ccccc3Cl)nnc12. The minimum absolute atomic E-state index is 0.0416. The first-order valence-electron chi connectivity index (χ1n) is 9.98. The van der Waals surface area contributed by atoms with Gasteiger partial charge >= 0.3 is 0 Å². The van der Waals surface area contributed by atoms with Crippen LogP contribution in [0, 0.1) is 6.92 Å². The van der Waals surface area contributed by atoms with Crippen molar-refractivity contribution in [3.05, 3.63) is 58.7 Å². The van der Waals surface area contributed by atoms with Crippen LogP contribution in [0.15, 0.2) is 42.5 Å². The number of hydrogen-bond acceptors (Lipinski definition) is 6. The van der Waals surface area contributed by atoms with Gasteiger partial charge in [0.05, 0.1) is 41.1 Å². The zero-order valence-electron chi connectivity index (χ0n) is 16.6. The van der Waals surface area contributed by atoms with E-state index < -0.39 is 0 Å². The molecule has 2 aromatic heterocycles. The number of morpholine rings is 1. The predicted octanol–water partition coefficient (Wildman–Crippen LogP) is 3.10. The molecule has 0 aliphatic carbocycles. The number of ether oxygens (including phenoxy) is 1. The van der Waals surface area contributed by atoms with E-state index in [1.165, 1.54) is 0 Å². The van der Waals surface area contributed by atoms with Gasteiger partial charge in [0.2, 0.25) is 0 Å². The van der Waals surface area contributed by atoms with Crippen LogP contribution < -0.4 is 0 Å². The summed E-state index contributed by atoms with van der Waals surface area (Å²) in [6.07, 6.45) is -0.125. The number of hydrogen-bond donors (Lipinski definition) is 1. The van der Waals surface area contributed by atoms with Gasteiger partial charge in [-0.2, -0.15) is 0 Å². The first-order valence-corrected chi connectivity index (χ1v) is 10.4. The maximum Gasteiger partial charge on any atom is 0.183 e. The van der Waals surface area contributed by atoms with Gasteiger partial charge < -0.3 is 9.84 Å². The summed E-state index contributed by atoms with van der Waals surface area (Å²) < 4.78 is 7.61. The average Bonchev–Trinajstić information content (AvgIpc) is 3.21. The maximum atomic E-state index is 9.41. The van der Waals surface area contributed by atoms with Gasteiger partial charge in [0.15, 0.2) is 11.5 Å². The van der Waals surface area contributed by atoms with E-state index >= 15 is 0 Å². The molecule has 4 aromatic rings. The van der Waals surface area contributed by atoms with Crippen LogP contribution in [-0.4, -0.2) is 62.0 Å². The Morgan fingerprint density at radius 3 is 2.90 bits per heavy atom. The maximum absolute atomic E-state index is 9.41. The highest BCUT2D eigenvalue weighted by Gasteiger charge is 2.21. The van der Waals surface area contributed by atoms with Crippen LogP contribution in [0.1, 0.15) is 11.3 Å². The molecule has 1 saturated heterocycles. The Morgan fingerprint density at radius 2 is 2.07 bits per heavy atom. The Morgan fingerprint density at radius 1 is 1.20 bits per heavy atom. The molecule has 1 N–H and O–H groups in total. The van der Waals surface area contributed by atoms with Crippen molar-refractivity contribution < 1.29 is 9.84 Å². The molecule has 8 heteroatoms. The highest BCUT2D eigenvalue weighted by Crippen LogP contribution is 2.29. The van der Waals surface area contributed by atoms with Crippen molar-refractivity contribution in [3.63, 3.8) is 0 Å². The number of aromatic nitrogens is 4. The van der Waals surface area contributed by atoms with Crippen LogP contribution >= 0.6 is 11.6 Å². The second kappa shape index (κ2) is 7.92. The molecule has 0 spiro atoms. The molecule has 30 heavy (non-hydrogen) atoms.